The SMILES string of the molecule is CCC(Nc1ccc(C#N)nc1)c1ccc(OC)cc1. The van der Waals surface area contributed by atoms with Crippen molar-refractivity contribution in [2.24, 2.45) is 0 Å². The first-order chi connectivity index (χ1) is 9.76. The zero-order chi connectivity index (χ0) is 14.4. The lowest BCUT2D eigenvalue weighted by Gasteiger charge is -2.18. The molecule has 1 atom stereocenters. The molecule has 0 amide bonds. The van der Waals surface area contributed by atoms with Crippen LogP contribution >= 0.6 is 0 Å². The largest absolute Gasteiger partial charge is 0.497 e. The van der Waals surface area contributed by atoms with Crippen LogP contribution in [-0.2, 0) is 0 Å². The highest BCUT2D eigenvalue weighted by atomic mass is 16.5. The van der Waals surface area contributed by atoms with E-state index < -0.39 is 0 Å². The number of methoxy groups -OCH3 is 1. The number of benzene rings is 1. The van der Waals surface area contributed by atoms with Crippen LogP contribution in [0.25, 0.3) is 0 Å². The molecule has 4 heteroatoms. The van der Waals surface area contributed by atoms with Crippen LogP contribution in [0.2, 0.25) is 0 Å². The molecule has 0 spiro atoms. The van der Waals surface area contributed by atoms with Crippen molar-refractivity contribution in [1.82, 2.24) is 4.98 Å². The van der Waals surface area contributed by atoms with Crippen molar-refractivity contribution in [1.29, 1.82) is 5.26 Å². The first kappa shape index (κ1) is 13.9. The van der Waals surface area contributed by atoms with E-state index in [1.807, 2.05) is 24.3 Å². The third kappa shape index (κ3) is 3.27. The molecule has 102 valence electrons. The highest BCUT2D eigenvalue weighted by molar-refractivity contribution is 5.45. The molecule has 1 aromatic carbocycles. The topological polar surface area (TPSA) is 57.9 Å². The Morgan fingerprint density at radius 3 is 2.50 bits per heavy atom. The summed E-state index contributed by atoms with van der Waals surface area (Å²) in [6.45, 7) is 2.12. The highest BCUT2D eigenvalue weighted by Gasteiger charge is 2.09. The molecule has 0 saturated heterocycles. The van der Waals surface area contributed by atoms with Gasteiger partial charge in [0.05, 0.1) is 25.0 Å². The molecule has 0 aliphatic carbocycles. The molecule has 0 radical (unpaired) electrons. The molecule has 4 nitrogen and oxygen atoms in total. The van der Waals surface area contributed by atoms with Crippen LogP contribution < -0.4 is 10.1 Å². The zero-order valence-corrected chi connectivity index (χ0v) is 11.6. The number of rotatable bonds is 5. The molecule has 1 aromatic heterocycles. The standard InChI is InChI=1S/C16H17N3O/c1-3-16(12-4-8-15(20-2)9-5-12)19-14-7-6-13(10-17)18-11-14/h4-9,11,16,19H,3H2,1-2H3. The number of anilines is 1. The maximum absolute atomic E-state index is 8.74. The van der Waals surface area contributed by atoms with Gasteiger partial charge in [-0.3, -0.25) is 0 Å². The molecule has 1 heterocycles. The fourth-order valence-electron chi connectivity index (χ4n) is 2.00. The second-order valence-corrected chi connectivity index (χ2v) is 4.42. The summed E-state index contributed by atoms with van der Waals surface area (Å²) in [5.74, 6) is 0.851. The predicted octanol–water partition coefficient (Wildman–Crippen LogP) is 3.53. The van der Waals surface area contributed by atoms with Gasteiger partial charge in [-0.2, -0.15) is 5.26 Å². The molecule has 0 saturated carbocycles. The summed E-state index contributed by atoms with van der Waals surface area (Å²) >= 11 is 0. The van der Waals surface area contributed by atoms with Gasteiger partial charge in [0.25, 0.3) is 0 Å². The van der Waals surface area contributed by atoms with Gasteiger partial charge in [-0.25, -0.2) is 4.98 Å². The summed E-state index contributed by atoms with van der Waals surface area (Å²) in [6, 6.07) is 13.8. The van der Waals surface area contributed by atoms with Crippen LogP contribution in [0.15, 0.2) is 42.6 Å². The Bertz CT molecular complexity index is 585. The molecule has 2 aromatic rings. The van der Waals surface area contributed by atoms with Crippen LogP contribution in [0, 0.1) is 11.3 Å². The van der Waals surface area contributed by atoms with Crippen LogP contribution in [-0.4, -0.2) is 12.1 Å². The molecule has 0 aliphatic heterocycles. The average Bonchev–Trinajstić information content (AvgIpc) is 2.53. The summed E-state index contributed by atoms with van der Waals surface area (Å²) in [5.41, 5.74) is 2.53. The van der Waals surface area contributed by atoms with E-state index >= 15 is 0 Å². The van der Waals surface area contributed by atoms with E-state index in [4.69, 9.17) is 10.00 Å². The molecule has 0 aliphatic rings. The third-order valence-electron chi connectivity index (χ3n) is 3.15. The molecule has 0 bridgehead atoms. The van der Waals surface area contributed by atoms with E-state index in [2.05, 4.69) is 29.4 Å². The number of hydrogen-bond acceptors (Lipinski definition) is 4. The fourth-order valence-corrected chi connectivity index (χ4v) is 2.00. The maximum Gasteiger partial charge on any atom is 0.140 e. The monoisotopic (exact) mass is 267 g/mol. The van der Waals surface area contributed by atoms with E-state index in [1.54, 1.807) is 19.4 Å². The normalized spacial score (nSPS) is 11.4. The van der Waals surface area contributed by atoms with Gasteiger partial charge in [0.1, 0.15) is 17.5 Å². The van der Waals surface area contributed by atoms with Crippen LogP contribution in [0.1, 0.15) is 30.6 Å². The van der Waals surface area contributed by atoms with Gasteiger partial charge in [-0.1, -0.05) is 19.1 Å². The summed E-state index contributed by atoms with van der Waals surface area (Å²) in [4.78, 5) is 4.06. The first-order valence-corrected chi connectivity index (χ1v) is 6.53. The molecular weight excluding hydrogens is 250 g/mol. The Kier molecular flexibility index (Phi) is 4.56. The van der Waals surface area contributed by atoms with Gasteiger partial charge in [0.15, 0.2) is 0 Å². The smallest absolute Gasteiger partial charge is 0.140 e. The predicted molar refractivity (Wildman–Crippen MR) is 78.6 cm³/mol. The first-order valence-electron chi connectivity index (χ1n) is 6.53. The molecule has 1 N–H and O–H groups in total. The fraction of sp³-hybridized carbons (Fsp3) is 0.250. The Labute approximate surface area is 119 Å². The van der Waals surface area contributed by atoms with Gasteiger partial charge >= 0.3 is 0 Å². The van der Waals surface area contributed by atoms with E-state index in [1.165, 1.54) is 5.56 Å². The van der Waals surface area contributed by atoms with Gasteiger partial charge in [-0.15, -0.1) is 0 Å². The van der Waals surface area contributed by atoms with Crippen molar-refractivity contribution >= 4 is 5.69 Å². The van der Waals surface area contributed by atoms with Crippen LogP contribution in [0.3, 0.4) is 0 Å². The molecule has 2 rings (SSSR count). The van der Waals surface area contributed by atoms with Crippen molar-refractivity contribution in [2.75, 3.05) is 12.4 Å². The minimum Gasteiger partial charge on any atom is -0.497 e. The number of hydrogen-bond donors (Lipinski definition) is 1. The number of nitrogens with zero attached hydrogens (tertiary/aromatic N) is 2. The number of nitrogens with one attached hydrogen (secondary N) is 1. The summed E-state index contributed by atoms with van der Waals surface area (Å²) in [5, 5.41) is 12.2. The molecule has 1 unspecified atom stereocenters. The maximum atomic E-state index is 8.74. The second-order valence-electron chi connectivity index (χ2n) is 4.42. The van der Waals surface area contributed by atoms with Crippen molar-refractivity contribution in [3.05, 3.63) is 53.9 Å². The Morgan fingerprint density at radius 2 is 2.00 bits per heavy atom. The van der Waals surface area contributed by atoms with E-state index in [-0.39, 0.29) is 6.04 Å². The van der Waals surface area contributed by atoms with E-state index in [9.17, 15) is 0 Å². The van der Waals surface area contributed by atoms with Crippen molar-refractivity contribution < 1.29 is 4.74 Å². The van der Waals surface area contributed by atoms with Crippen LogP contribution in [0.4, 0.5) is 5.69 Å². The summed E-state index contributed by atoms with van der Waals surface area (Å²) in [7, 11) is 1.66. The molecule has 20 heavy (non-hydrogen) atoms. The number of nitriles is 1. The van der Waals surface area contributed by atoms with Crippen LogP contribution in [0.5, 0.6) is 5.75 Å². The van der Waals surface area contributed by atoms with Gasteiger partial charge in [0, 0.05) is 0 Å². The minimum atomic E-state index is 0.204. The van der Waals surface area contributed by atoms with Crippen molar-refractivity contribution in [3.8, 4) is 11.8 Å². The van der Waals surface area contributed by atoms with Gasteiger partial charge in [-0.05, 0) is 36.2 Å². The second kappa shape index (κ2) is 6.58. The lowest BCUT2D eigenvalue weighted by atomic mass is 10.0. The van der Waals surface area contributed by atoms with Crippen molar-refractivity contribution in [3.63, 3.8) is 0 Å². The summed E-state index contributed by atoms with van der Waals surface area (Å²) in [6.07, 6.45) is 2.64. The van der Waals surface area contributed by atoms with E-state index in [0.29, 0.717) is 5.69 Å². The number of aromatic nitrogens is 1. The quantitative estimate of drug-likeness (QED) is 0.900. The number of ether oxygens (including phenoxy) is 1. The number of pyridine rings is 1. The Balaban J connectivity index is 2.12. The third-order valence-corrected chi connectivity index (χ3v) is 3.15. The molecule has 0 fully saturated rings. The highest BCUT2D eigenvalue weighted by Crippen LogP contribution is 2.24. The minimum absolute atomic E-state index is 0.204. The van der Waals surface area contributed by atoms with Crippen molar-refractivity contribution in [2.45, 2.75) is 19.4 Å². The lowest BCUT2D eigenvalue weighted by molar-refractivity contribution is 0.414. The lowest BCUT2D eigenvalue weighted by Crippen LogP contribution is -2.09. The summed E-state index contributed by atoms with van der Waals surface area (Å²) < 4.78 is 5.17. The van der Waals surface area contributed by atoms with Gasteiger partial charge < -0.3 is 10.1 Å². The van der Waals surface area contributed by atoms with Gasteiger partial charge in [0.2, 0.25) is 0 Å². The average molecular weight is 267 g/mol. The zero-order valence-electron chi connectivity index (χ0n) is 11.6. The molecular formula is C16H17N3O. The Morgan fingerprint density at radius 1 is 1.25 bits per heavy atom. The van der Waals surface area contributed by atoms with E-state index in [0.717, 1.165) is 17.9 Å². The Hall–Kier alpha value is -2.54.